The summed E-state index contributed by atoms with van der Waals surface area (Å²) in [4.78, 5) is 0. The second kappa shape index (κ2) is 8.09. The molecule has 0 saturated carbocycles. The summed E-state index contributed by atoms with van der Waals surface area (Å²) in [6, 6.07) is 8.35. The molecule has 1 aromatic rings. The summed E-state index contributed by atoms with van der Waals surface area (Å²) in [5, 5.41) is 0. The molecule has 0 bridgehead atoms. The summed E-state index contributed by atoms with van der Waals surface area (Å²) in [6.45, 7) is 2.22. The second-order valence-corrected chi connectivity index (χ2v) is 4.34. The van der Waals surface area contributed by atoms with Gasteiger partial charge in [-0.25, -0.2) is 0 Å². The van der Waals surface area contributed by atoms with Crippen molar-refractivity contribution in [1.29, 1.82) is 0 Å². The maximum atomic E-state index is 5.61. The van der Waals surface area contributed by atoms with Crippen LogP contribution < -0.4 is 16.0 Å². The Morgan fingerprint density at radius 1 is 1.18 bits per heavy atom. The monoisotopic (exact) mass is 236 g/mol. The lowest BCUT2D eigenvalue weighted by molar-refractivity contribution is 0.414. The molecule has 0 aliphatic rings. The normalized spacial score (nSPS) is 12.4. The molecular formula is C14H24N2O. The lowest BCUT2D eigenvalue weighted by atomic mass is 10.0. The molecule has 0 spiro atoms. The van der Waals surface area contributed by atoms with Gasteiger partial charge in [0, 0.05) is 6.04 Å². The fourth-order valence-electron chi connectivity index (χ4n) is 1.96. The van der Waals surface area contributed by atoms with Gasteiger partial charge in [0.15, 0.2) is 0 Å². The van der Waals surface area contributed by atoms with Crippen LogP contribution in [0.3, 0.4) is 0 Å². The minimum absolute atomic E-state index is 0.248. The van der Waals surface area contributed by atoms with Crippen molar-refractivity contribution in [2.75, 3.05) is 7.11 Å². The first kappa shape index (κ1) is 14.0. The predicted molar refractivity (Wildman–Crippen MR) is 71.8 cm³/mol. The summed E-state index contributed by atoms with van der Waals surface area (Å²) in [5.74, 6) is 6.49. The van der Waals surface area contributed by atoms with E-state index < -0.39 is 0 Å². The van der Waals surface area contributed by atoms with Crippen LogP contribution in [0.1, 0.15) is 50.6 Å². The van der Waals surface area contributed by atoms with Gasteiger partial charge in [-0.3, -0.25) is 11.3 Å². The Kier molecular flexibility index (Phi) is 6.67. The number of benzene rings is 1. The molecule has 0 amide bonds. The highest BCUT2D eigenvalue weighted by Gasteiger charge is 2.08. The number of ether oxygens (including phenoxy) is 1. The van der Waals surface area contributed by atoms with Gasteiger partial charge in [0.05, 0.1) is 7.11 Å². The molecule has 0 saturated heterocycles. The molecule has 3 N–H and O–H groups in total. The van der Waals surface area contributed by atoms with Gasteiger partial charge in [0.2, 0.25) is 0 Å². The first-order chi connectivity index (χ1) is 8.31. The van der Waals surface area contributed by atoms with E-state index in [1.165, 1.54) is 31.2 Å². The van der Waals surface area contributed by atoms with Gasteiger partial charge in [0.25, 0.3) is 0 Å². The third-order valence-electron chi connectivity index (χ3n) is 3.07. The van der Waals surface area contributed by atoms with Crippen molar-refractivity contribution < 1.29 is 4.74 Å². The zero-order valence-electron chi connectivity index (χ0n) is 10.9. The van der Waals surface area contributed by atoms with Crippen molar-refractivity contribution >= 4 is 0 Å². The van der Waals surface area contributed by atoms with Crippen LogP contribution in [0.2, 0.25) is 0 Å². The highest BCUT2D eigenvalue weighted by Crippen LogP contribution is 2.21. The number of unbranched alkanes of at least 4 members (excludes halogenated alkanes) is 3. The summed E-state index contributed by atoms with van der Waals surface area (Å²) in [5.41, 5.74) is 4.12. The van der Waals surface area contributed by atoms with Crippen molar-refractivity contribution in [3.63, 3.8) is 0 Å². The van der Waals surface area contributed by atoms with Gasteiger partial charge in [-0.2, -0.15) is 0 Å². The van der Waals surface area contributed by atoms with E-state index in [1.807, 2.05) is 12.1 Å². The highest BCUT2D eigenvalue weighted by molar-refractivity contribution is 5.28. The van der Waals surface area contributed by atoms with Crippen molar-refractivity contribution in [3.05, 3.63) is 29.8 Å². The Balaban J connectivity index is 2.47. The molecule has 96 valence electrons. The van der Waals surface area contributed by atoms with Crippen molar-refractivity contribution in [2.24, 2.45) is 5.84 Å². The average Bonchev–Trinajstić information content (AvgIpc) is 2.39. The molecule has 1 aromatic carbocycles. The summed E-state index contributed by atoms with van der Waals surface area (Å²) in [6.07, 6.45) is 6.16. The molecule has 3 heteroatoms. The fourth-order valence-corrected chi connectivity index (χ4v) is 1.96. The lowest BCUT2D eigenvalue weighted by Gasteiger charge is -2.16. The predicted octanol–water partition coefficient (Wildman–Crippen LogP) is 3.17. The van der Waals surface area contributed by atoms with Crippen LogP contribution in [-0.4, -0.2) is 7.11 Å². The van der Waals surface area contributed by atoms with Gasteiger partial charge in [-0.05, 0) is 24.1 Å². The fraction of sp³-hybridized carbons (Fsp3) is 0.571. The number of hydrogen-bond acceptors (Lipinski definition) is 3. The number of rotatable bonds is 8. The van der Waals surface area contributed by atoms with E-state index in [1.54, 1.807) is 7.11 Å². The Morgan fingerprint density at radius 2 is 1.88 bits per heavy atom. The first-order valence-electron chi connectivity index (χ1n) is 6.42. The molecule has 0 heterocycles. The Morgan fingerprint density at radius 3 is 2.41 bits per heavy atom. The first-order valence-corrected chi connectivity index (χ1v) is 6.42. The summed E-state index contributed by atoms with van der Waals surface area (Å²) in [7, 11) is 1.68. The molecule has 3 nitrogen and oxygen atoms in total. The third kappa shape index (κ3) is 4.75. The molecule has 0 aromatic heterocycles. The van der Waals surface area contributed by atoms with E-state index >= 15 is 0 Å². The van der Waals surface area contributed by atoms with Crippen LogP contribution in [0, 0.1) is 0 Å². The van der Waals surface area contributed by atoms with Crippen LogP contribution >= 0.6 is 0 Å². The van der Waals surface area contributed by atoms with Crippen LogP contribution in [0.4, 0.5) is 0 Å². The molecular weight excluding hydrogens is 212 g/mol. The molecule has 1 unspecified atom stereocenters. The Labute approximate surface area is 104 Å². The van der Waals surface area contributed by atoms with Crippen molar-refractivity contribution in [3.8, 4) is 5.75 Å². The zero-order valence-corrected chi connectivity index (χ0v) is 10.9. The van der Waals surface area contributed by atoms with Crippen molar-refractivity contribution in [2.45, 2.75) is 45.1 Å². The zero-order chi connectivity index (χ0) is 12.5. The van der Waals surface area contributed by atoms with Crippen LogP contribution in [0.5, 0.6) is 5.75 Å². The number of hydrogen-bond donors (Lipinski definition) is 2. The van der Waals surface area contributed by atoms with E-state index in [2.05, 4.69) is 24.5 Å². The van der Waals surface area contributed by atoms with Crippen molar-refractivity contribution in [1.82, 2.24) is 5.43 Å². The lowest BCUT2D eigenvalue weighted by Crippen LogP contribution is -2.27. The number of nitrogens with two attached hydrogens (primary N) is 1. The molecule has 0 fully saturated rings. The summed E-state index contributed by atoms with van der Waals surface area (Å²) >= 11 is 0. The van der Waals surface area contributed by atoms with Gasteiger partial charge >= 0.3 is 0 Å². The quantitative estimate of drug-likeness (QED) is 0.414. The van der Waals surface area contributed by atoms with Gasteiger partial charge in [-0.15, -0.1) is 0 Å². The molecule has 17 heavy (non-hydrogen) atoms. The number of methoxy groups -OCH3 is 1. The van der Waals surface area contributed by atoms with E-state index in [4.69, 9.17) is 10.6 Å². The van der Waals surface area contributed by atoms with E-state index in [-0.39, 0.29) is 6.04 Å². The second-order valence-electron chi connectivity index (χ2n) is 4.34. The molecule has 0 radical (unpaired) electrons. The van der Waals surface area contributed by atoms with Gasteiger partial charge in [-0.1, -0.05) is 44.7 Å². The van der Waals surface area contributed by atoms with E-state index in [0.717, 1.165) is 12.2 Å². The maximum absolute atomic E-state index is 5.61. The maximum Gasteiger partial charge on any atom is 0.118 e. The SMILES string of the molecule is CCCCCCC(NN)c1ccc(OC)cc1. The molecule has 0 aliphatic heterocycles. The standard InChI is InChI=1S/C14H24N2O/c1-3-4-5-6-7-14(16-15)12-8-10-13(17-2)11-9-12/h8-11,14,16H,3-7,15H2,1-2H3. The Bertz CT molecular complexity index is 298. The number of hydrazine groups is 1. The van der Waals surface area contributed by atoms with Gasteiger partial charge in [0.1, 0.15) is 5.75 Å². The van der Waals surface area contributed by atoms with Crippen LogP contribution in [0.25, 0.3) is 0 Å². The van der Waals surface area contributed by atoms with Crippen LogP contribution in [-0.2, 0) is 0 Å². The third-order valence-corrected chi connectivity index (χ3v) is 3.07. The highest BCUT2D eigenvalue weighted by atomic mass is 16.5. The summed E-state index contributed by atoms with van der Waals surface area (Å²) < 4.78 is 5.14. The minimum Gasteiger partial charge on any atom is -0.497 e. The van der Waals surface area contributed by atoms with Crippen LogP contribution in [0.15, 0.2) is 24.3 Å². The smallest absolute Gasteiger partial charge is 0.118 e. The van der Waals surface area contributed by atoms with E-state index in [0.29, 0.717) is 0 Å². The molecule has 1 rings (SSSR count). The van der Waals surface area contributed by atoms with Gasteiger partial charge < -0.3 is 4.74 Å². The average molecular weight is 236 g/mol. The Hall–Kier alpha value is -1.06. The topological polar surface area (TPSA) is 47.3 Å². The number of nitrogens with one attached hydrogen (secondary N) is 1. The molecule has 0 aliphatic carbocycles. The minimum atomic E-state index is 0.248. The molecule has 1 atom stereocenters. The van der Waals surface area contributed by atoms with E-state index in [9.17, 15) is 0 Å². The largest absolute Gasteiger partial charge is 0.497 e.